The average molecular weight is 375 g/mol. The Hall–Kier alpha value is -1.81. The van der Waals surface area contributed by atoms with Crippen LogP contribution in [0, 0.1) is 0 Å². The number of nitrogens with one attached hydrogen (secondary N) is 1. The normalized spacial score (nSPS) is 33.0. The second kappa shape index (κ2) is 6.37. The van der Waals surface area contributed by atoms with Crippen LogP contribution in [0.4, 0.5) is 5.82 Å². The molecule has 0 amide bonds. The molecule has 1 aliphatic carbocycles. The highest BCUT2D eigenvalue weighted by Crippen LogP contribution is 2.43. The van der Waals surface area contributed by atoms with Crippen LogP contribution in [0.3, 0.4) is 0 Å². The molecule has 2 unspecified atom stereocenters. The predicted octanol–water partition coefficient (Wildman–Crippen LogP) is 1.59. The highest BCUT2D eigenvalue weighted by atomic mass is 16.8. The zero-order valence-electron chi connectivity index (χ0n) is 15.5. The van der Waals surface area contributed by atoms with Gasteiger partial charge in [0.15, 0.2) is 29.0 Å². The van der Waals surface area contributed by atoms with Crippen molar-refractivity contribution in [1.82, 2.24) is 19.5 Å². The lowest BCUT2D eigenvalue weighted by Gasteiger charge is -2.24. The van der Waals surface area contributed by atoms with Gasteiger partial charge in [-0.15, -0.1) is 0 Å². The Morgan fingerprint density at radius 2 is 1.96 bits per heavy atom. The molecule has 27 heavy (non-hydrogen) atoms. The third-order valence-electron chi connectivity index (χ3n) is 5.63. The Bertz CT molecular complexity index is 834. The highest BCUT2D eigenvalue weighted by Gasteiger charge is 2.56. The molecule has 9 heteroatoms. The summed E-state index contributed by atoms with van der Waals surface area (Å²) in [6.45, 7) is 3.61. The molecular formula is C18H25N5O4. The van der Waals surface area contributed by atoms with Gasteiger partial charge >= 0.3 is 0 Å². The van der Waals surface area contributed by atoms with E-state index < -0.39 is 18.1 Å². The summed E-state index contributed by atoms with van der Waals surface area (Å²) in [5.74, 6) is 0.0357. The summed E-state index contributed by atoms with van der Waals surface area (Å²) in [6.07, 6.45) is 6.47. The number of anilines is 1. The topological polar surface area (TPSA) is 104 Å². The van der Waals surface area contributed by atoms with Crippen LogP contribution in [0.5, 0.6) is 0 Å². The lowest BCUT2D eigenvalue weighted by atomic mass is 10.1. The number of aliphatic hydroxyl groups is 1. The molecule has 0 aromatic carbocycles. The van der Waals surface area contributed by atoms with Gasteiger partial charge in [-0.3, -0.25) is 4.57 Å². The van der Waals surface area contributed by atoms with Gasteiger partial charge < -0.3 is 24.6 Å². The molecule has 2 aromatic rings. The van der Waals surface area contributed by atoms with E-state index in [1.807, 2.05) is 18.4 Å². The summed E-state index contributed by atoms with van der Waals surface area (Å²) < 4.78 is 19.9. The maximum absolute atomic E-state index is 9.69. The van der Waals surface area contributed by atoms with Gasteiger partial charge in [-0.25, -0.2) is 15.0 Å². The molecular weight excluding hydrogens is 350 g/mol. The zero-order chi connectivity index (χ0) is 18.6. The van der Waals surface area contributed by atoms with Gasteiger partial charge in [0.1, 0.15) is 24.6 Å². The minimum absolute atomic E-state index is 0.132. The maximum Gasteiger partial charge on any atom is 0.167 e. The van der Waals surface area contributed by atoms with Crippen LogP contribution >= 0.6 is 0 Å². The third-order valence-corrected chi connectivity index (χ3v) is 5.63. The fraction of sp³-hybridized carbons (Fsp3) is 0.722. The largest absolute Gasteiger partial charge is 0.394 e. The molecule has 1 saturated carbocycles. The molecule has 2 N–H and O–H groups in total. The first-order valence-corrected chi connectivity index (χ1v) is 9.62. The number of aromatic nitrogens is 4. The zero-order valence-corrected chi connectivity index (χ0v) is 15.5. The summed E-state index contributed by atoms with van der Waals surface area (Å²) in [5, 5.41) is 13.2. The number of rotatable bonds is 4. The number of ether oxygens (including phenoxy) is 3. The Kier molecular flexibility index (Phi) is 4.08. The summed E-state index contributed by atoms with van der Waals surface area (Å²) >= 11 is 0. The molecule has 3 aliphatic rings. The highest BCUT2D eigenvalue weighted by molar-refractivity contribution is 5.82. The van der Waals surface area contributed by atoms with E-state index in [1.165, 1.54) is 12.8 Å². The lowest BCUT2D eigenvalue weighted by Crippen LogP contribution is -2.31. The molecule has 3 fully saturated rings. The van der Waals surface area contributed by atoms with E-state index in [4.69, 9.17) is 14.2 Å². The van der Waals surface area contributed by atoms with Crippen LogP contribution in [-0.2, 0) is 14.2 Å². The van der Waals surface area contributed by atoms with Gasteiger partial charge in [0, 0.05) is 6.04 Å². The van der Waals surface area contributed by atoms with E-state index in [1.54, 1.807) is 12.7 Å². The Morgan fingerprint density at radius 1 is 1.19 bits per heavy atom. The molecule has 9 nitrogen and oxygen atoms in total. The molecule has 2 saturated heterocycles. The van der Waals surface area contributed by atoms with Crippen molar-refractivity contribution in [2.45, 2.75) is 75.9 Å². The number of imidazole rings is 1. The Balaban J connectivity index is 1.48. The van der Waals surface area contributed by atoms with E-state index >= 15 is 0 Å². The first-order valence-electron chi connectivity index (χ1n) is 9.62. The van der Waals surface area contributed by atoms with Crippen molar-refractivity contribution in [3.05, 3.63) is 12.7 Å². The minimum atomic E-state index is -0.717. The van der Waals surface area contributed by atoms with Gasteiger partial charge in [0.05, 0.1) is 12.9 Å². The molecule has 0 spiro atoms. The molecule has 5 rings (SSSR count). The van der Waals surface area contributed by atoms with Crippen LogP contribution < -0.4 is 5.32 Å². The van der Waals surface area contributed by atoms with Crippen molar-refractivity contribution in [1.29, 1.82) is 0 Å². The van der Waals surface area contributed by atoms with Crippen LogP contribution in [0.25, 0.3) is 11.2 Å². The van der Waals surface area contributed by atoms with E-state index in [-0.39, 0.29) is 18.8 Å². The number of nitrogens with zero attached hydrogens (tertiary/aromatic N) is 4. The van der Waals surface area contributed by atoms with Crippen molar-refractivity contribution in [3.63, 3.8) is 0 Å². The summed E-state index contributed by atoms with van der Waals surface area (Å²) in [4.78, 5) is 13.4. The minimum Gasteiger partial charge on any atom is -0.394 e. The van der Waals surface area contributed by atoms with Crippen LogP contribution in [0.15, 0.2) is 12.7 Å². The fourth-order valence-electron chi connectivity index (χ4n) is 4.44. The molecule has 2 aromatic heterocycles. The summed E-state index contributed by atoms with van der Waals surface area (Å²) in [5.41, 5.74) is 1.40. The van der Waals surface area contributed by atoms with Crippen molar-refractivity contribution in [2.24, 2.45) is 0 Å². The maximum atomic E-state index is 9.69. The second-order valence-electron chi connectivity index (χ2n) is 7.98. The number of fused-ring (bicyclic) bond motifs is 2. The smallest absolute Gasteiger partial charge is 0.167 e. The quantitative estimate of drug-likeness (QED) is 0.830. The second-order valence-corrected chi connectivity index (χ2v) is 7.98. The van der Waals surface area contributed by atoms with Crippen LogP contribution in [0.1, 0.15) is 45.8 Å². The SMILES string of the molecule is CC1(C)OC2C(n3cnc4c(NC5CCCC5)ncnc43)O[C@H](CO)[C@H]2O1. The predicted molar refractivity (Wildman–Crippen MR) is 96.0 cm³/mol. The average Bonchev–Trinajstić information content (AvgIpc) is 3.38. The van der Waals surface area contributed by atoms with E-state index in [2.05, 4.69) is 20.3 Å². The van der Waals surface area contributed by atoms with Crippen LogP contribution in [-0.4, -0.2) is 61.4 Å². The molecule has 146 valence electrons. The molecule has 4 heterocycles. The number of hydrogen-bond acceptors (Lipinski definition) is 8. The third kappa shape index (κ3) is 2.89. The van der Waals surface area contributed by atoms with Crippen molar-refractivity contribution in [3.8, 4) is 0 Å². The first kappa shape index (κ1) is 17.3. The van der Waals surface area contributed by atoms with Gasteiger partial charge in [-0.05, 0) is 26.7 Å². The van der Waals surface area contributed by atoms with Crippen molar-refractivity contribution < 1.29 is 19.3 Å². The fourth-order valence-corrected chi connectivity index (χ4v) is 4.44. The number of aliphatic hydroxyl groups excluding tert-OH is 1. The summed E-state index contributed by atoms with van der Waals surface area (Å²) in [7, 11) is 0. The Morgan fingerprint density at radius 3 is 2.74 bits per heavy atom. The van der Waals surface area contributed by atoms with E-state index in [0.717, 1.165) is 24.2 Å². The van der Waals surface area contributed by atoms with Gasteiger partial charge in [0.2, 0.25) is 0 Å². The number of hydrogen-bond donors (Lipinski definition) is 2. The molecule has 0 bridgehead atoms. The Labute approximate surface area is 157 Å². The van der Waals surface area contributed by atoms with E-state index in [9.17, 15) is 5.11 Å². The van der Waals surface area contributed by atoms with Gasteiger partial charge in [0.25, 0.3) is 0 Å². The standard InChI is InChI=1S/C18H25N5O4/c1-18(2)26-13-11(7-24)25-17(14(13)27-18)23-9-21-12-15(19-8-20-16(12)23)22-10-5-3-4-6-10/h8-11,13-14,17,24H,3-7H2,1-2H3,(H,19,20,22)/t11-,13-,14?,17?/m1/s1. The molecule has 0 radical (unpaired) electrons. The van der Waals surface area contributed by atoms with Crippen LogP contribution in [0.2, 0.25) is 0 Å². The van der Waals surface area contributed by atoms with Gasteiger partial charge in [-0.2, -0.15) is 0 Å². The van der Waals surface area contributed by atoms with Crippen molar-refractivity contribution in [2.75, 3.05) is 11.9 Å². The van der Waals surface area contributed by atoms with Crippen molar-refractivity contribution >= 4 is 17.0 Å². The van der Waals surface area contributed by atoms with E-state index in [0.29, 0.717) is 11.7 Å². The molecule has 4 atom stereocenters. The lowest BCUT2D eigenvalue weighted by molar-refractivity contribution is -0.199. The van der Waals surface area contributed by atoms with Gasteiger partial charge in [-0.1, -0.05) is 12.8 Å². The first-order chi connectivity index (χ1) is 13.1. The monoisotopic (exact) mass is 375 g/mol. The molecule has 2 aliphatic heterocycles. The summed E-state index contributed by atoms with van der Waals surface area (Å²) in [6, 6.07) is 0.437.